The molecule has 0 amide bonds. The van der Waals surface area contributed by atoms with Gasteiger partial charge < -0.3 is 10.3 Å². The van der Waals surface area contributed by atoms with Gasteiger partial charge in [0.1, 0.15) is 0 Å². The molecule has 100 valence electrons. The molecular weight excluding hydrogens is 248 g/mol. The summed E-state index contributed by atoms with van der Waals surface area (Å²) in [6, 6.07) is 10.6. The SMILES string of the molecule is C[C@@H]1CNC(c2cc3ccccc3cn2)c2[nH]cnc21. The fourth-order valence-electron chi connectivity index (χ4n) is 2.94. The maximum atomic E-state index is 4.62. The molecule has 2 aromatic heterocycles. The molecule has 0 saturated carbocycles. The molecule has 0 aliphatic carbocycles. The van der Waals surface area contributed by atoms with Crippen LogP contribution >= 0.6 is 0 Å². The molecule has 4 nitrogen and oxygen atoms in total. The Labute approximate surface area is 117 Å². The topological polar surface area (TPSA) is 53.6 Å². The summed E-state index contributed by atoms with van der Waals surface area (Å²) in [5.41, 5.74) is 3.34. The molecular formula is C16H16N4. The molecule has 3 heterocycles. The fourth-order valence-corrected chi connectivity index (χ4v) is 2.94. The Hall–Kier alpha value is -2.20. The van der Waals surface area contributed by atoms with Crippen LogP contribution in [-0.4, -0.2) is 21.5 Å². The van der Waals surface area contributed by atoms with Gasteiger partial charge in [-0.15, -0.1) is 0 Å². The van der Waals surface area contributed by atoms with Crippen LogP contribution in [0.5, 0.6) is 0 Å². The third-order valence-electron chi connectivity index (χ3n) is 4.03. The van der Waals surface area contributed by atoms with Gasteiger partial charge in [-0.3, -0.25) is 4.98 Å². The lowest BCUT2D eigenvalue weighted by atomic mass is 9.94. The van der Waals surface area contributed by atoms with Gasteiger partial charge in [0, 0.05) is 24.0 Å². The van der Waals surface area contributed by atoms with E-state index in [9.17, 15) is 0 Å². The number of benzene rings is 1. The third-order valence-corrected chi connectivity index (χ3v) is 4.03. The molecule has 0 saturated heterocycles. The van der Waals surface area contributed by atoms with Gasteiger partial charge in [0.05, 0.1) is 29.5 Å². The second kappa shape index (κ2) is 4.42. The third kappa shape index (κ3) is 1.72. The van der Waals surface area contributed by atoms with Crippen LogP contribution < -0.4 is 5.32 Å². The molecule has 2 N–H and O–H groups in total. The van der Waals surface area contributed by atoms with Crippen molar-refractivity contribution in [3.8, 4) is 0 Å². The Kier molecular flexibility index (Phi) is 2.57. The van der Waals surface area contributed by atoms with Gasteiger partial charge in [-0.05, 0) is 11.5 Å². The zero-order chi connectivity index (χ0) is 13.5. The number of aromatic amines is 1. The lowest BCUT2D eigenvalue weighted by Gasteiger charge is -2.27. The van der Waals surface area contributed by atoms with Gasteiger partial charge in [-0.2, -0.15) is 0 Å². The van der Waals surface area contributed by atoms with E-state index in [1.807, 2.05) is 12.3 Å². The highest BCUT2D eigenvalue weighted by atomic mass is 15.0. The van der Waals surface area contributed by atoms with Crippen molar-refractivity contribution in [2.45, 2.75) is 18.9 Å². The van der Waals surface area contributed by atoms with Gasteiger partial charge in [-0.25, -0.2) is 4.98 Å². The second-order valence-corrected chi connectivity index (χ2v) is 5.40. The van der Waals surface area contributed by atoms with Crippen molar-refractivity contribution in [3.63, 3.8) is 0 Å². The minimum Gasteiger partial charge on any atom is -0.347 e. The smallest absolute Gasteiger partial charge is 0.0925 e. The van der Waals surface area contributed by atoms with Crippen LogP contribution in [0.3, 0.4) is 0 Å². The lowest BCUT2D eigenvalue weighted by Crippen LogP contribution is -2.33. The second-order valence-electron chi connectivity index (χ2n) is 5.40. The van der Waals surface area contributed by atoms with E-state index in [1.54, 1.807) is 6.33 Å². The first-order valence-electron chi connectivity index (χ1n) is 6.94. The highest BCUT2D eigenvalue weighted by molar-refractivity contribution is 5.81. The molecule has 1 aromatic carbocycles. The number of pyridine rings is 1. The molecule has 0 radical (unpaired) electrons. The van der Waals surface area contributed by atoms with Crippen LogP contribution in [0.15, 0.2) is 42.9 Å². The summed E-state index contributed by atoms with van der Waals surface area (Å²) >= 11 is 0. The number of nitrogens with one attached hydrogen (secondary N) is 2. The van der Waals surface area contributed by atoms with Crippen LogP contribution in [0.1, 0.15) is 36.0 Å². The van der Waals surface area contributed by atoms with E-state index in [0.717, 1.165) is 23.6 Å². The van der Waals surface area contributed by atoms with Crippen molar-refractivity contribution in [2.24, 2.45) is 0 Å². The van der Waals surface area contributed by atoms with Crippen molar-refractivity contribution in [3.05, 3.63) is 59.9 Å². The standard InChI is InChI=1S/C16H16N4/c1-10-7-18-15(16-14(10)19-9-20-16)13-6-11-4-2-3-5-12(11)8-17-13/h2-6,8-10,15,18H,7H2,1H3,(H,19,20)/t10-,15?/m1/s1. The number of hydrogen-bond acceptors (Lipinski definition) is 3. The number of H-pyrrole nitrogens is 1. The van der Waals surface area contributed by atoms with Crippen molar-refractivity contribution in [1.29, 1.82) is 0 Å². The summed E-state index contributed by atoms with van der Waals surface area (Å²) in [4.78, 5) is 12.3. The van der Waals surface area contributed by atoms with Crippen LogP contribution in [0, 0.1) is 0 Å². The summed E-state index contributed by atoms with van der Waals surface area (Å²) in [6.45, 7) is 3.12. The molecule has 4 rings (SSSR count). The Morgan fingerprint density at radius 1 is 1.15 bits per heavy atom. The Morgan fingerprint density at radius 2 is 2.00 bits per heavy atom. The van der Waals surface area contributed by atoms with Gasteiger partial charge in [-0.1, -0.05) is 31.2 Å². The average Bonchev–Trinajstić information content (AvgIpc) is 2.98. The van der Waals surface area contributed by atoms with Crippen LogP contribution in [0.4, 0.5) is 0 Å². The zero-order valence-electron chi connectivity index (χ0n) is 11.3. The monoisotopic (exact) mass is 264 g/mol. The van der Waals surface area contributed by atoms with Crippen molar-refractivity contribution >= 4 is 10.8 Å². The molecule has 1 aliphatic heterocycles. The lowest BCUT2D eigenvalue weighted by molar-refractivity contribution is 0.495. The normalized spacial score (nSPS) is 21.9. The summed E-state index contributed by atoms with van der Waals surface area (Å²) in [7, 11) is 0. The van der Waals surface area contributed by atoms with Gasteiger partial charge in [0.2, 0.25) is 0 Å². The molecule has 1 aliphatic rings. The first kappa shape index (κ1) is 11.6. The van der Waals surface area contributed by atoms with Crippen LogP contribution in [-0.2, 0) is 0 Å². The number of imidazole rings is 1. The molecule has 2 atom stereocenters. The molecule has 0 bridgehead atoms. The Morgan fingerprint density at radius 3 is 2.90 bits per heavy atom. The molecule has 0 fully saturated rings. The predicted octanol–water partition coefficient (Wildman–Crippen LogP) is 2.75. The maximum absolute atomic E-state index is 4.62. The van der Waals surface area contributed by atoms with Gasteiger partial charge in [0.25, 0.3) is 0 Å². The van der Waals surface area contributed by atoms with Crippen LogP contribution in [0.2, 0.25) is 0 Å². The van der Waals surface area contributed by atoms with Crippen molar-refractivity contribution in [1.82, 2.24) is 20.3 Å². The van der Waals surface area contributed by atoms with E-state index in [1.165, 1.54) is 10.8 Å². The molecule has 4 heteroatoms. The summed E-state index contributed by atoms with van der Waals surface area (Å²) in [6.07, 6.45) is 3.72. The largest absolute Gasteiger partial charge is 0.347 e. The molecule has 0 spiro atoms. The number of nitrogens with zero attached hydrogens (tertiary/aromatic N) is 2. The number of aromatic nitrogens is 3. The van der Waals surface area contributed by atoms with E-state index in [0.29, 0.717) is 5.92 Å². The first-order chi connectivity index (χ1) is 9.83. The number of fused-ring (bicyclic) bond motifs is 2. The van der Waals surface area contributed by atoms with Gasteiger partial charge >= 0.3 is 0 Å². The number of rotatable bonds is 1. The van der Waals surface area contributed by atoms with E-state index in [-0.39, 0.29) is 6.04 Å². The average molecular weight is 264 g/mol. The van der Waals surface area contributed by atoms with E-state index in [2.05, 4.69) is 51.5 Å². The molecule has 1 unspecified atom stereocenters. The molecule has 3 aromatic rings. The van der Waals surface area contributed by atoms with Crippen molar-refractivity contribution < 1.29 is 0 Å². The highest BCUT2D eigenvalue weighted by Gasteiger charge is 2.28. The fraction of sp³-hybridized carbons (Fsp3) is 0.250. The highest BCUT2D eigenvalue weighted by Crippen LogP contribution is 2.31. The minimum atomic E-state index is 0.105. The van der Waals surface area contributed by atoms with E-state index in [4.69, 9.17) is 0 Å². The zero-order valence-corrected chi connectivity index (χ0v) is 11.3. The van der Waals surface area contributed by atoms with Crippen LogP contribution in [0.25, 0.3) is 10.8 Å². The summed E-state index contributed by atoms with van der Waals surface area (Å²) in [5, 5.41) is 5.95. The molecule has 20 heavy (non-hydrogen) atoms. The minimum absolute atomic E-state index is 0.105. The summed E-state index contributed by atoms with van der Waals surface area (Å²) < 4.78 is 0. The quantitative estimate of drug-likeness (QED) is 0.710. The first-order valence-corrected chi connectivity index (χ1v) is 6.94. The Bertz CT molecular complexity index is 762. The summed E-state index contributed by atoms with van der Waals surface area (Å²) in [5.74, 6) is 0.438. The Balaban J connectivity index is 1.82. The predicted molar refractivity (Wildman–Crippen MR) is 78.6 cm³/mol. The van der Waals surface area contributed by atoms with E-state index < -0.39 is 0 Å². The van der Waals surface area contributed by atoms with Gasteiger partial charge in [0.15, 0.2) is 0 Å². The number of hydrogen-bond donors (Lipinski definition) is 2. The van der Waals surface area contributed by atoms with Crippen molar-refractivity contribution in [2.75, 3.05) is 6.54 Å². The maximum Gasteiger partial charge on any atom is 0.0925 e. The van der Waals surface area contributed by atoms with E-state index >= 15 is 0 Å².